The van der Waals surface area contributed by atoms with Crippen LogP contribution in [-0.4, -0.2) is 0 Å². The second kappa shape index (κ2) is 4.87. The fraction of sp³-hybridized carbons (Fsp3) is 0.143. The molecule has 0 aliphatic carbocycles. The van der Waals surface area contributed by atoms with Crippen LogP contribution in [0.3, 0.4) is 0 Å². The molecule has 0 saturated carbocycles. The molecule has 0 fully saturated rings. The number of nitrogen functional groups attached to an aromatic ring is 1. The second-order valence-electron chi connectivity index (χ2n) is 3.96. The van der Waals surface area contributed by atoms with Gasteiger partial charge in [-0.15, -0.1) is 0 Å². The summed E-state index contributed by atoms with van der Waals surface area (Å²) in [6.45, 7) is 2.40. The number of rotatable bonds is 3. The quantitative estimate of drug-likeness (QED) is 0.794. The Hall–Kier alpha value is -2.03. The van der Waals surface area contributed by atoms with Crippen molar-refractivity contribution in [2.45, 2.75) is 13.5 Å². The van der Waals surface area contributed by atoms with Crippen LogP contribution in [-0.2, 0) is 6.54 Å². The maximum atomic E-state index is 13.4. The number of nitrogens with one attached hydrogen (secondary N) is 1. The number of hydrogen-bond acceptors (Lipinski definition) is 2. The van der Waals surface area contributed by atoms with Crippen LogP contribution in [0.1, 0.15) is 11.1 Å². The van der Waals surface area contributed by atoms with Gasteiger partial charge in [0.15, 0.2) is 0 Å². The molecule has 3 heteroatoms. The maximum Gasteiger partial charge on any atom is 0.128 e. The van der Waals surface area contributed by atoms with E-state index in [4.69, 9.17) is 5.73 Å². The molecule has 0 aliphatic heterocycles. The van der Waals surface area contributed by atoms with E-state index in [0.717, 1.165) is 16.9 Å². The van der Waals surface area contributed by atoms with Crippen molar-refractivity contribution in [1.29, 1.82) is 0 Å². The Labute approximate surface area is 100 Å². The standard InChI is InChI=1S/C14H15FN2/c1-10-13(16)7-4-8-14(10)17-9-11-5-2-3-6-12(11)15/h2-8,17H,9,16H2,1H3. The van der Waals surface area contributed by atoms with Crippen molar-refractivity contribution >= 4 is 11.4 Å². The Bertz CT molecular complexity index is 523. The summed E-state index contributed by atoms with van der Waals surface area (Å²) in [5.41, 5.74) is 9.12. The van der Waals surface area contributed by atoms with Gasteiger partial charge in [-0.25, -0.2) is 4.39 Å². The molecule has 2 rings (SSSR count). The summed E-state index contributed by atoms with van der Waals surface area (Å²) in [5.74, 6) is -0.193. The summed E-state index contributed by atoms with van der Waals surface area (Å²) in [6.07, 6.45) is 0. The first-order valence-electron chi connectivity index (χ1n) is 5.51. The lowest BCUT2D eigenvalue weighted by Crippen LogP contribution is -2.04. The average Bonchev–Trinajstić information content (AvgIpc) is 2.33. The van der Waals surface area contributed by atoms with E-state index in [-0.39, 0.29) is 5.82 Å². The third kappa shape index (κ3) is 2.56. The number of benzene rings is 2. The Morgan fingerprint density at radius 1 is 1.12 bits per heavy atom. The van der Waals surface area contributed by atoms with Crippen LogP contribution < -0.4 is 11.1 Å². The first kappa shape index (κ1) is 11.5. The van der Waals surface area contributed by atoms with Crippen LogP contribution in [0, 0.1) is 12.7 Å². The summed E-state index contributed by atoms with van der Waals surface area (Å²) in [6, 6.07) is 12.4. The Morgan fingerprint density at radius 3 is 2.65 bits per heavy atom. The third-order valence-corrected chi connectivity index (χ3v) is 2.80. The lowest BCUT2D eigenvalue weighted by molar-refractivity contribution is 0.613. The van der Waals surface area contributed by atoms with Crippen LogP contribution in [0.4, 0.5) is 15.8 Å². The molecule has 0 heterocycles. The first-order valence-corrected chi connectivity index (χ1v) is 5.51. The minimum absolute atomic E-state index is 0.193. The van der Waals surface area contributed by atoms with Gasteiger partial charge in [0, 0.05) is 23.5 Å². The van der Waals surface area contributed by atoms with Gasteiger partial charge >= 0.3 is 0 Å². The van der Waals surface area contributed by atoms with Crippen LogP contribution in [0.25, 0.3) is 0 Å². The second-order valence-corrected chi connectivity index (χ2v) is 3.96. The van der Waals surface area contributed by atoms with Gasteiger partial charge in [0.2, 0.25) is 0 Å². The average molecular weight is 230 g/mol. The van der Waals surface area contributed by atoms with Gasteiger partial charge in [-0.05, 0) is 30.7 Å². The van der Waals surface area contributed by atoms with E-state index in [9.17, 15) is 4.39 Å². The Kier molecular flexibility index (Phi) is 3.28. The van der Waals surface area contributed by atoms with E-state index < -0.39 is 0 Å². The first-order chi connectivity index (χ1) is 8.18. The molecule has 0 radical (unpaired) electrons. The van der Waals surface area contributed by atoms with E-state index in [1.54, 1.807) is 12.1 Å². The molecule has 0 bridgehead atoms. The number of anilines is 2. The SMILES string of the molecule is Cc1c(N)cccc1NCc1ccccc1F. The highest BCUT2D eigenvalue weighted by Gasteiger charge is 2.03. The van der Waals surface area contributed by atoms with Crippen molar-refractivity contribution in [3.8, 4) is 0 Å². The molecular formula is C14H15FN2. The summed E-state index contributed by atoms with van der Waals surface area (Å²) >= 11 is 0. The highest BCUT2D eigenvalue weighted by molar-refractivity contribution is 5.62. The lowest BCUT2D eigenvalue weighted by Gasteiger charge is -2.11. The molecule has 2 nitrogen and oxygen atoms in total. The molecule has 2 aromatic carbocycles. The van der Waals surface area contributed by atoms with Crippen molar-refractivity contribution < 1.29 is 4.39 Å². The van der Waals surface area contributed by atoms with E-state index in [1.807, 2.05) is 31.2 Å². The predicted molar refractivity (Wildman–Crippen MR) is 69.3 cm³/mol. The summed E-state index contributed by atoms with van der Waals surface area (Å²) in [7, 11) is 0. The molecule has 0 spiro atoms. The van der Waals surface area contributed by atoms with Gasteiger partial charge in [0.1, 0.15) is 5.82 Å². The fourth-order valence-electron chi connectivity index (χ4n) is 1.68. The topological polar surface area (TPSA) is 38.0 Å². The maximum absolute atomic E-state index is 13.4. The van der Waals surface area contributed by atoms with Crippen LogP contribution in [0.15, 0.2) is 42.5 Å². The van der Waals surface area contributed by atoms with Crippen LogP contribution in [0.2, 0.25) is 0 Å². The number of hydrogen-bond donors (Lipinski definition) is 2. The zero-order chi connectivity index (χ0) is 12.3. The van der Waals surface area contributed by atoms with Crippen molar-refractivity contribution in [2.24, 2.45) is 0 Å². The molecule has 0 atom stereocenters. The largest absolute Gasteiger partial charge is 0.398 e. The van der Waals surface area contributed by atoms with E-state index in [1.165, 1.54) is 6.07 Å². The van der Waals surface area contributed by atoms with Crippen molar-refractivity contribution in [3.05, 3.63) is 59.4 Å². The van der Waals surface area contributed by atoms with Crippen molar-refractivity contribution in [1.82, 2.24) is 0 Å². The normalized spacial score (nSPS) is 10.2. The van der Waals surface area contributed by atoms with Gasteiger partial charge in [-0.2, -0.15) is 0 Å². The molecule has 0 aromatic heterocycles. The molecule has 0 unspecified atom stereocenters. The van der Waals surface area contributed by atoms with Gasteiger partial charge in [0.05, 0.1) is 0 Å². The fourth-order valence-corrected chi connectivity index (χ4v) is 1.68. The smallest absolute Gasteiger partial charge is 0.128 e. The van der Waals surface area contributed by atoms with E-state index in [2.05, 4.69) is 5.32 Å². The van der Waals surface area contributed by atoms with Gasteiger partial charge < -0.3 is 11.1 Å². The summed E-state index contributed by atoms with van der Waals surface area (Å²) < 4.78 is 13.4. The van der Waals surface area contributed by atoms with E-state index in [0.29, 0.717) is 12.1 Å². The molecular weight excluding hydrogens is 215 g/mol. The molecule has 3 N–H and O–H groups in total. The van der Waals surface area contributed by atoms with E-state index >= 15 is 0 Å². The zero-order valence-electron chi connectivity index (χ0n) is 9.70. The van der Waals surface area contributed by atoms with Crippen molar-refractivity contribution in [3.63, 3.8) is 0 Å². The molecule has 0 amide bonds. The molecule has 0 aliphatic rings. The third-order valence-electron chi connectivity index (χ3n) is 2.80. The zero-order valence-corrected chi connectivity index (χ0v) is 9.70. The highest BCUT2D eigenvalue weighted by atomic mass is 19.1. The number of nitrogens with two attached hydrogens (primary N) is 1. The van der Waals surface area contributed by atoms with Gasteiger partial charge in [-0.1, -0.05) is 24.3 Å². The monoisotopic (exact) mass is 230 g/mol. The Morgan fingerprint density at radius 2 is 1.88 bits per heavy atom. The Balaban J connectivity index is 2.13. The molecule has 0 saturated heterocycles. The molecule has 17 heavy (non-hydrogen) atoms. The van der Waals surface area contributed by atoms with Crippen LogP contribution >= 0.6 is 0 Å². The highest BCUT2D eigenvalue weighted by Crippen LogP contribution is 2.21. The summed E-state index contributed by atoms with van der Waals surface area (Å²) in [5, 5.41) is 3.19. The number of halogens is 1. The van der Waals surface area contributed by atoms with Gasteiger partial charge in [-0.3, -0.25) is 0 Å². The minimum atomic E-state index is -0.193. The molecule has 2 aromatic rings. The lowest BCUT2D eigenvalue weighted by atomic mass is 10.1. The predicted octanol–water partition coefficient (Wildman–Crippen LogP) is 3.33. The van der Waals surface area contributed by atoms with Gasteiger partial charge in [0.25, 0.3) is 0 Å². The van der Waals surface area contributed by atoms with Crippen LogP contribution in [0.5, 0.6) is 0 Å². The molecule has 88 valence electrons. The minimum Gasteiger partial charge on any atom is -0.398 e. The summed E-state index contributed by atoms with van der Waals surface area (Å²) in [4.78, 5) is 0. The van der Waals surface area contributed by atoms with Crippen molar-refractivity contribution in [2.75, 3.05) is 11.1 Å².